The fourth-order valence-corrected chi connectivity index (χ4v) is 1.69. The normalized spacial score (nSPS) is 12.3. The zero-order valence-electron chi connectivity index (χ0n) is 10.1. The van der Waals surface area contributed by atoms with Gasteiger partial charge >= 0.3 is 0 Å². The molecule has 1 aliphatic heterocycles. The summed E-state index contributed by atoms with van der Waals surface area (Å²) in [5.41, 5.74) is 0.656. The minimum atomic E-state index is -0.531. The highest BCUT2D eigenvalue weighted by atomic mass is 19.1. The lowest BCUT2D eigenvalue weighted by molar-refractivity contribution is 0.174. The third kappa shape index (κ3) is 2.22. The number of hydrogen-bond acceptors (Lipinski definition) is 6. The Labute approximate surface area is 108 Å². The Morgan fingerprint density at radius 1 is 1.26 bits per heavy atom. The molecule has 0 fully saturated rings. The molecule has 3 rings (SSSR count). The molecule has 0 saturated heterocycles. The average Bonchev–Trinajstić information content (AvgIpc) is 2.89. The third-order valence-corrected chi connectivity index (χ3v) is 2.60. The van der Waals surface area contributed by atoms with Crippen molar-refractivity contribution in [2.45, 2.75) is 0 Å². The minimum absolute atomic E-state index is 0.0956. The van der Waals surface area contributed by atoms with E-state index >= 15 is 0 Å². The second kappa shape index (κ2) is 4.60. The maximum absolute atomic E-state index is 13.6. The first-order valence-electron chi connectivity index (χ1n) is 5.63. The van der Waals surface area contributed by atoms with Gasteiger partial charge in [-0.2, -0.15) is 4.98 Å². The zero-order chi connectivity index (χ0) is 13.2. The van der Waals surface area contributed by atoms with Gasteiger partial charge in [-0.25, -0.2) is 9.37 Å². The maximum atomic E-state index is 13.6. The number of hydrogen-bond donors (Lipinski definition) is 2. The van der Waals surface area contributed by atoms with E-state index in [9.17, 15) is 4.39 Å². The standard InChI is InChI=1S/C12H11FN4O2/c1-14-12-15-5-8(13)11(17-12)16-7-2-3-9-10(4-7)19-6-18-9/h2-5H,6H2,1H3,(H2,14,15,16,17). The molecule has 2 heterocycles. The molecule has 1 aromatic heterocycles. The highest BCUT2D eigenvalue weighted by Gasteiger charge is 2.14. The van der Waals surface area contributed by atoms with Crippen molar-refractivity contribution in [3.05, 3.63) is 30.2 Å². The van der Waals surface area contributed by atoms with Crippen molar-refractivity contribution in [1.82, 2.24) is 9.97 Å². The van der Waals surface area contributed by atoms with Gasteiger partial charge < -0.3 is 20.1 Å². The Morgan fingerprint density at radius 2 is 2.11 bits per heavy atom. The molecule has 0 amide bonds. The molecule has 6 nitrogen and oxygen atoms in total. The summed E-state index contributed by atoms with van der Waals surface area (Å²) in [5, 5.41) is 5.62. The molecule has 0 unspecified atom stereocenters. The quantitative estimate of drug-likeness (QED) is 0.883. The predicted octanol–water partition coefficient (Wildman–Crippen LogP) is 2.13. The van der Waals surface area contributed by atoms with Crippen molar-refractivity contribution < 1.29 is 13.9 Å². The third-order valence-electron chi connectivity index (χ3n) is 2.60. The molecule has 7 heteroatoms. The summed E-state index contributed by atoms with van der Waals surface area (Å²) in [5.74, 6) is 1.19. The molecular weight excluding hydrogens is 251 g/mol. The number of nitrogens with zero attached hydrogens (tertiary/aromatic N) is 2. The van der Waals surface area contributed by atoms with Gasteiger partial charge in [0.15, 0.2) is 23.1 Å². The fourth-order valence-electron chi connectivity index (χ4n) is 1.69. The van der Waals surface area contributed by atoms with E-state index in [2.05, 4.69) is 20.6 Å². The highest BCUT2D eigenvalue weighted by Crippen LogP contribution is 2.35. The smallest absolute Gasteiger partial charge is 0.231 e. The Morgan fingerprint density at radius 3 is 2.95 bits per heavy atom. The van der Waals surface area contributed by atoms with Crippen LogP contribution in [0, 0.1) is 5.82 Å². The van der Waals surface area contributed by atoms with Crippen molar-refractivity contribution in [2.24, 2.45) is 0 Å². The average molecular weight is 262 g/mol. The van der Waals surface area contributed by atoms with Crippen LogP contribution in [0.1, 0.15) is 0 Å². The molecule has 0 spiro atoms. The minimum Gasteiger partial charge on any atom is -0.454 e. The fraction of sp³-hybridized carbons (Fsp3) is 0.167. The molecule has 98 valence electrons. The molecule has 1 aliphatic rings. The van der Waals surface area contributed by atoms with Crippen LogP contribution in [0.3, 0.4) is 0 Å². The summed E-state index contributed by atoms with van der Waals surface area (Å²) >= 11 is 0. The van der Waals surface area contributed by atoms with Crippen LogP contribution in [0.5, 0.6) is 11.5 Å². The zero-order valence-corrected chi connectivity index (χ0v) is 10.1. The van der Waals surface area contributed by atoms with Crippen molar-refractivity contribution in [1.29, 1.82) is 0 Å². The largest absolute Gasteiger partial charge is 0.454 e. The van der Waals surface area contributed by atoms with Crippen molar-refractivity contribution >= 4 is 17.5 Å². The van der Waals surface area contributed by atoms with Crippen LogP contribution in [0.15, 0.2) is 24.4 Å². The van der Waals surface area contributed by atoms with Gasteiger partial charge in [-0.15, -0.1) is 0 Å². The van der Waals surface area contributed by atoms with Crippen molar-refractivity contribution in [3.63, 3.8) is 0 Å². The van der Waals surface area contributed by atoms with E-state index in [-0.39, 0.29) is 12.6 Å². The molecule has 2 aromatic rings. The van der Waals surface area contributed by atoms with E-state index < -0.39 is 5.82 Å². The van der Waals surface area contributed by atoms with E-state index in [1.165, 1.54) is 0 Å². The first-order chi connectivity index (χ1) is 9.26. The number of aromatic nitrogens is 2. The highest BCUT2D eigenvalue weighted by molar-refractivity contribution is 5.62. The van der Waals surface area contributed by atoms with Crippen LogP contribution < -0.4 is 20.1 Å². The van der Waals surface area contributed by atoms with Crippen LogP contribution in [0.4, 0.5) is 21.8 Å². The van der Waals surface area contributed by atoms with Gasteiger partial charge in [-0.1, -0.05) is 0 Å². The summed E-state index contributed by atoms with van der Waals surface area (Å²) < 4.78 is 24.0. The summed E-state index contributed by atoms with van der Waals surface area (Å²) in [6.45, 7) is 0.199. The monoisotopic (exact) mass is 262 g/mol. The summed E-state index contributed by atoms with van der Waals surface area (Å²) in [7, 11) is 1.66. The van der Waals surface area contributed by atoms with Crippen LogP contribution in [0.25, 0.3) is 0 Å². The van der Waals surface area contributed by atoms with E-state index in [1.54, 1.807) is 25.2 Å². The molecule has 0 atom stereocenters. The van der Waals surface area contributed by atoms with Gasteiger partial charge in [-0.05, 0) is 12.1 Å². The molecule has 1 aromatic carbocycles. The van der Waals surface area contributed by atoms with Gasteiger partial charge in [-0.3, -0.25) is 0 Å². The second-order valence-electron chi connectivity index (χ2n) is 3.83. The van der Waals surface area contributed by atoms with Crippen LogP contribution in [-0.2, 0) is 0 Å². The van der Waals surface area contributed by atoms with Crippen molar-refractivity contribution in [2.75, 3.05) is 24.5 Å². The second-order valence-corrected chi connectivity index (χ2v) is 3.83. The van der Waals surface area contributed by atoms with Crippen LogP contribution in [0.2, 0.25) is 0 Å². The Hall–Kier alpha value is -2.57. The van der Waals surface area contributed by atoms with Gasteiger partial charge in [0.05, 0.1) is 6.20 Å². The first-order valence-corrected chi connectivity index (χ1v) is 5.63. The van der Waals surface area contributed by atoms with E-state index in [0.29, 0.717) is 23.1 Å². The Kier molecular flexibility index (Phi) is 2.79. The number of halogens is 1. The number of ether oxygens (including phenoxy) is 2. The van der Waals surface area contributed by atoms with Crippen LogP contribution in [-0.4, -0.2) is 23.8 Å². The Bertz CT molecular complexity index is 621. The van der Waals surface area contributed by atoms with Crippen LogP contribution >= 0.6 is 0 Å². The topological polar surface area (TPSA) is 68.3 Å². The van der Waals surface area contributed by atoms with Gasteiger partial charge in [0, 0.05) is 18.8 Å². The summed E-state index contributed by atoms with van der Waals surface area (Å²) in [6.07, 6.45) is 1.11. The van der Waals surface area contributed by atoms with Crippen molar-refractivity contribution in [3.8, 4) is 11.5 Å². The SMILES string of the molecule is CNc1ncc(F)c(Nc2ccc3c(c2)OCO3)n1. The molecule has 2 N–H and O–H groups in total. The Balaban J connectivity index is 1.88. The summed E-state index contributed by atoms with van der Waals surface area (Å²) in [6, 6.07) is 5.24. The maximum Gasteiger partial charge on any atom is 0.231 e. The molecule has 0 saturated carbocycles. The number of benzene rings is 1. The number of anilines is 3. The molecule has 19 heavy (non-hydrogen) atoms. The molecule has 0 bridgehead atoms. The number of fused-ring (bicyclic) bond motifs is 1. The summed E-state index contributed by atoms with van der Waals surface area (Å²) in [4.78, 5) is 7.77. The van der Waals surface area contributed by atoms with E-state index in [1.807, 2.05) is 0 Å². The van der Waals surface area contributed by atoms with Gasteiger partial charge in [0.1, 0.15) is 0 Å². The lowest BCUT2D eigenvalue weighted by atomic mass is 10.3. The lowest BCUT2D eigenvalue weighted by Gasteiger charge is -2.08. The van der Waals surface area contributed by atoms with E-state index in [0.717, 1.165) is 6.20 Å². The lowest BCUT2D eigenvalue weighted by Crippen LogP contribution is -2.02. The first kappa shape index (κ1) is 11.5. The molecular formula is C12H11FN4O2. The van der Waals surface area contributed by atoms with E-state index in [4.69, 9.17) is 9.47 Å². The number of nitrogens with one attached hydrogen (secondary N) is 2. The molecule has 0 aliphatic carbocycles. The van der Waals surface area contributed by atoms with Gasteiger partial charge in [0.2, 0.25) is 12.7 Å². The number of rotatable bonds is 3. The van der Waals surface area contributed by atoms with Gasteiger partial charge in [0.25, 0.3) is 0 Å². The molecule has 0 radical (unpaired) electrons. The predicted molar refractivity (Wildman–Crippen MR) is 67.4 cm³/mol.